The number of amidine groups is 1. The maximum absolute atomic E-state index is 6.98. The van der Waals surface area contributed by atoms with Crippen LogP contribution >= 0.6 is 0 Å². The number of aliphatic imine (C=N–C) groups is 2. The van der Waals surface area contributed by atoms with Crippen LogP contribution in [0.1, 0.15) is 24.5 Å². The van der Waals surface area contributed by atoms with E-state index in [1.165, 1.54) is 32.3 Å². The van der Waals surface area contributed by atoms with Gasteiger partial charge in [0.2, 0.25) is 0 Å². The minimum absolute atomic E-state index is 0.124. The number of nitrogens with zero attached hydrogens (tertiary/aromatic N) is 4. The van der Waals surface area contributed by atoms with Gasteiger partial charge in [-0.25, -0.2) is 9.98 Å². The molecule has 1 unspecified atom stereocenters. The fraction of sp³-hybridized carbons (Fsp3) is 0.0566. The Morgan fingerprint density at radius 3 is 1.83 bits per heavy atom. The number of para-hydroxylation sites is 4. The maximum atomic E-state index is 6.98. The third-order valence-corrected chi connectivity index (χ3v) is 12.0. The summed E-state index contributed by atoms with van der Waals surface area (Å²) in [6.45, 7) is 2.27. The molecule has 11 aromatic rings. The van der Waals surface area contributed by atoms with Crippen molar-refractivity contribution < 1.29 is 4.42 Å². The Morgan fingerprint density at radius 2 is 1.10 bits per heavy atom. The molecule has 0 saturated heterocycles. The van der Waals surface area contributed by atoms with Crippen molar-refractivity contribution in [3.05, 3.63) is 193 Å². The summed E-state index contributed by atoms with van der Waals surface area (Å²) in [4.78, 5) is 11.2. The Hall–Kier alpha value is -7.50. The number of aromatic nitrogens is 2. The highest BCUT2D eigenvalue weighted by Gasteiger charge is 2.25. The molecular formula is C53H36N4O. The van der Waals surface area contributed by atoms with Crippen molar-refractivity contribution in [2.24, 2.45) is 15.9 Å². The van der Waals surface area contributed by atoms with Crippen LogP contribution in [0.15, 0.2) is 196 Å². The van der Waals surface area contributed by atoms with Crippen molar-refractivity contribution in [1.29, 1.82) is 0 Å². The summed E-state index contributed by atoms with van der Waals surface area (Å²) < 4.78 is 11.7. The molecule has 12 rings (SSSR count). The second-order valence-corrected chi connectivity index (χ2v) is 15.4. The summed E-state index contributed by atoms with van der Waals surface area (Å²) in [5.74, 6) is 1.63. The largest absolute Gasteiger partial charge is 0.454 e. The SMILES string of the molecule is CC1C/C=C(n2c3ccccc3c3ccccc32)/N=C(c2ccc(-n3c4ccccc4c4cc5ccccc5cc43)c3oc4ccccc4c23)\N=C/1c1ccccc1. The average Bonchev–Trinajstić information content (AvgIpc) is 3.93. The molecule has 8 aromatic carbocycles. The van der Waals surface area contributed by atoms with Gasteiger partial charge in [-0.1, -0.05) is 134 Å². The highest BCUT2D eigenvalue weighted by atomic mass is 16.3. The van der Waals surface area contributed by atoms with Gasteiger partial charge in [0, 0.05) is 43.8 Å². The van der Waals surface area contributed by atoms with Crippen LogP contribution in [0.2, 0.25) is 0 Å². The van der Waals surface area contributed by atoms with E-state index in [0.717, 1.165) is 78.8 Å². The van der Waals surface area contributed by atoms with Gasteiger partial charge in [-0.2, -0.15) is 0 Å². The summed E-state index contributed by atoms with van der Waals surface area (Å²) in [6.07, 6.45) is 3.08. The van der Waals surface area contributed by atoms with Gasteiger partial charge in [-0.3, -0.25) is 4.57 Å². The molecule has 5 nitrogen and oxygen atoms in total. The number of fused-ring (bicyclic) bond motifs is 10. The smallest absolute Gasteiger partial charge is 0.162 e. The normalized spacial score (nSPS) is 17.7. The highest BCUT2D eigenvalue weighted by molar-refractivity contribution is 6.24. The molecule has 1 atom stereocenters. The molecule has 0 saturated carbocycles. The van der Waals surface area contributed by atoms with Crippen molar-refractivity contribution in [3.63, 3.8) is 0 Å². The van der Waals surface area contributed by atoms with Crippen molar-refractivity contribution in [2.45, 2.75) is 13.3 Å². The molecule has 1 aliphatic heterocycles. The summed E-state index contributed by atoms with van der Waals surface area (Å²) in [5, 5.41) is 9.24. The van der Waals surface area contributed by atoms with Gasteiger partial charge in [0.15, 0.2) is 11.4 Å². The molecule has 0 radical (unpaired) electrons. The van der Waals surface area contributed by atoms with Gasteiger partial charge in [-0.15, -0.1) is 0 Å². The van der Waals surface area contributed by atoms with Gasteiger partial charge < -0.3 is 8.98 Å². The summed E-state index contributed by atoms with van der Waals surface area (Å²) in [7, 11) is 0. The zero-order valence-corrected chi connectivity index (χ0v) is 31.8. The molecule has 3 aromatic heterocycles. The van der Waals surface area contributed by atoms with E-state index in [-0.39, 0.29) is 5.92 Å². The summed E-state index contributed by atoms with van der Waals surface area (Å²) in [6, 6.07) is 62.4. The Bertz CT molecular complexity index is 3500. The Labute approximate surface area is 334 Å². The van der Waals surface area contributed by atoms with E-state index in [0.29, 0.717) is 5.84 Å². The zero-order chi connectivity index (χ0) is 38.3. The predicted octanol–water partition coefficient (Wildman–Crippen LogP) is 13.7. The second-order valence-electron chi connectivity index (χ2n) is 15.4. The van der Waals surface area contributed by atoms with Gasteiger partial charge >= 0.3 is 0 Å². The van der Waals surface area contributed by atoms with Crippen LogP contribution in [-0.2, 0) is 0 Å². The molecule has 0 N–H and O–H groups in total. The highest BCUT2D eigenvalue weighted by Crippen LogP contribution is 2.42. The molecule has 0 bridgehead atoms. The maximum Gasteiger partial charge on any atom is 0.162 e. The van der Waals surface area contributed by atoms with E-state index < -0.39 is 0 Å². The molecule has 58 heavy (non-hydrogen) atoms. The quantitative estimate of drug-likeness (QED) is 0.177. The third kappa shape index (κ3) is 4.90. The van der Waals surface area contributed by atoms with E-state index in [4.69, 9.17) is 14.4 Å². The first kappa shape index (κ1) is 32.7. The Balaban J connectivity index is 1.18. The number of allylic oxidation sites excluding steroid dienone is 1. The van der Waals surface area contributed by atoms with E-state index in [9.17, 15) is 0 Å². The van der Waals surface area contributed by atoms with Crippen LogP contribution < -0.4 is 0 Å². The molecule has 0 aliphatic carbocycles. The van der Waals surface area contributed by atoms with Crippen LogP contribution in [0, 0.1) is 5.92 Å². The Kier molecular flexibility index (Phi) is 7.20. The number of rotatable bonds is 4. The lowest BCUT2D eigenvalue weighted by atomic mass is 9.94. The zero-order valence-electron chi connectivity index (χ0n) is 31.8. The van der Waals surface area contributed by atoms with Gasteiger partial charge in [0.05, 0.1) is 33.5 Å². The Morgan fingerprint density at radius 1 is 0.517 bits per heavy atom. The lowest BCUT2D eigenvalue weighted by molar-refractivity contribution is 0.666. The molecule has 4 heterocycles. The first-order chi connectivity index (χ1) is 28.7. The fourth-order valence-electron chi connectivity index (χ4n) is 9.28. The monoisotopic (exact) mass is 744 g/mol. The van der Waals surface area contributed by atoms with Crippen molar-refractivity contribution >= 4 is 93.7 Å². The average molecular weight is 745 g/mol. The van der Waals surface area contributed by atoms with Gasteiger partial charge in [-0.05, 0) is 77.4 Å². The number of hydrogen-bond acceptors (Lipinski definition) is 3. The molecule has 0 spiro atoms. The van der Waals surface area contributed by atoms with Crippen LogP contribution in [-0.4, -0.2) is 20.7 Å². The topological polar surface area (TPSA) is 47.7 Å². The minimum atomic E-state index is 0.124. The first-order valence-corrected chi connectivity index (χ1v) is 20.0. The fourth-order valence-corrected chi connectivity index (χ4v) is 9.28. The molecule has 274 valence electrons. The third-order valence-electron chi connectivity index (χ3n) is 12.0. The lowest BCUT2D eigenvalue weighted by Gasteiger charge is -2.20. The minimum Gasteiger partial charge on any atom is -0.454 e. The van der Waals surface area contributed by atoms with Crippen LogP contribution in [0.4, 0.5) is 0 Å². The molecule has 1 aliphatic rings. The predicted molar refractivity (Wildman–Crippen MR) is 243 cm³/mol. The summed E-state index contributed by atoms with van der Waals surface area (Å²) in [5.41, 5.74) is 10.1. The van der Waals surface area contributed by atoms with Crippen molar-refractivity contribution in [1.82, 2.24) is 9.13 Å². The van der Waals surface area contributed by atoms with E-state index in [1.807, 2.05) is 6.07 Å². The van der Waals surface area contributed by atoms with Crippen LogP contribution in [0.25, 0.3) is 87.8 Å². The molecule has 0 fully saturated rings. The van der Waals surface area contributed by atoms with E-state index >= 15 is 0 Å². The van der Waals surface area contributed by atoms with Gasteiger partial charge in [0.1, 0.15) is 11.4 Å². The lowest BCUT2D eigenvalue weighted by Crippen LogP contribution is -2.18. The van der Waals surface area contributed by atoms with Crippen molar-refractivity contribution in [2.75, 3.05) is 0 Å². The number of hydrogen-bond donors (Lipinski definition) is 0. The van der Waals surface area contributed by atoms with Crippen LogP contribution in [0.5, 0.6) is 0 Å². The molecule has 5 heteroatoms. The number of furan rings is 1. The number of benzene rings is 8. The first-order valence-electron chi connectivity index (χ1n) is 20.0. The van der Waals surface area contributed by atoms with E-state index in [2.05, 4.69) is 192 Å². The van der Waals surface area contributed by atoms with Crippen molar-refractivity contribution in [3.8, 4) is 5.69 Å². The second kappa shape index (κ2) is 12.8. The molecular weight excluding hydrogens is 709 g/mol. The molecule has 0 amide bonds. The van der Waals surface area contributed by atoms with Crippen LogP contribution in [0.3, 0.4) is 0 Å². The van der Waals surface area contributed by atoms with E-state index in [1.54, 1.807) is 0 Å². The summed E-state index contributed by atoms with van der Waals surface area (Å²) >= 11 is 0. The standard InChI is InChI=1S/C53H36N4O/c1-33-27-30-49(57-44-24-12-7-19-37(44)38-20-8-13-25-45(38)57)54-53(55-51(33)34-15-3-2-4-16-34)41-28-29-46(52-50(41)40-22-10-14-26-48(40)58-52)56-43-23-11-9-21-39(43)42-31-35-17-5-6-18-36(35)32-47(42)56/h2-26,28-33H,27H2,1H3/b49-30-,54-53-,55-51+. The van der Waals surface area contributed by atoms with Gasteiger partial charge in [0.25, 0.3) is 0 Å².